The van der Waals surface area contributed by atoms with E-state index < -0.39 is 0 Å². The van der Waals surface area contributed by atoms with Crippen molar-refractivity contribution < 1.29 is 9.90 Å². The van der Waals surface area contributed by atoms with E-state index in [9.17, 15) is 4.79 Å². The van der Waals surface area contributed by atoms with Crippen LogP contribution in [0.1, 0.15) is 75.8 Å². The molecule has 0 aliphatic carbocycles. The summed E-state index contributed by atoms with van der Waals surface area (Å²) in [7, 11) is 0. The summed E-state index contributed by atoms with van der Waals surface area (Å²) in [5.41, 5.74) is 2.85. The molecule has 1 amide bonds. The van der Waals surface area contributed by atoms with Gasteiger partial charge in [0.15, 0.2) is 0 Å². The number of unbranched alkanes of at least 4 members (excludes halogenated alkanes) is 1. The van der Waals surface area contributed by atoms with Gasteiger partial charge < -0.3 is 10.0 Å². The molecule has 30 heavy (non-hydrogen) atoms. The molecule has 1 unspecified atom stereocenters. The molecule has 0 saturated carbocycles. The van der Waals surface area contributed by atoms with Crippen LogP contribution in [0, 0.1) is 0 Å². The Balaban J connectivity index is 1.86. The highest BCUT2D eigenvalue weighted by molar-refractivity contribution is 7.99. The molecule has 1 aromatic rings. The molecule has 1 heterocycles. The monoisotopic (exact) mass is 431 g/mol. The van der Waals surface area contributed by atoms with Gasteiger partial charge in [-0.3, -0.25) is 4.79 Å². The Hall–Kier alpha value is -1.26. The fourth-order valence-electron chi connectivity index (χ4n) is 4.10. The molecule has 0 spiro atoms. The third kappa shape index (κ3) is 9.70. The van der Waals surface area contributed by atoms with E-state index in [-0.39, 0.29) is 12.6 Å². The van der Waals surface area contributed by atoms with Gasteiger partial charge in [0.25, 0.3) is 0 Å². The smallest absolute Gasteiger partial charge is 0.223 e. The summed E-state index contributed by atoms with van der Waals surface area (Å²) < 4.78 is 0. The van der Waals surface area contributed by atoms with E-state index in [1.165, 1.54) is 30.4 Å². The number of benzene rings is 1. The number of carbonyl (C=O) groups is 1. The fourth-order valence-corrected chi connectivity index (χ4v) is 5.03. The average molecular weight is 432 g/mol. The number of allylic oxidation sites excluding steroid dienone is 1. The molecule has 2 rings (SSSR count). The standard InChI is InChI=1S/C26H41NO2S/c1-2-11-23-13-10-14-24(22-23)12-6-7-16-25-15-4-3-5-17-26(29)27(25)18-21-30-20-9-8-19-28/h7,10,13-14,16,22,25,28H,2-6,8-9,11-12,15,17-21H2,1H3/b16-7+. The lowest BCUT2D eigenvalue weighted by atomic mass is 10.00. The maximum Gasteiger partial charge on any atom is 0.223 e. The lowest BCUT2D eigenvalue weighted by Gasteiger charge is -2.32. The first kappa shape index (κ1) is 25.0. The summed E-state index contributed by atoms with van der Waals surface area (Å²) in [6.07, 6.45) is 16.2. The SMILES string of the molecule is CCCc1cccc(CC/C=C/C2CCCCCC(=O)N2CCSCCCCO)c1. The molecule has 1 aliphatic rings. The van der Waals surface area contributed by atoms with Crippen LogP contribution in [-0.2, 0) is 17.6 Å². The molecular formula is C26H41NO2S. The number of amides is 1. The minimum atomic E-state index is 0.252. The Labute approximate surface area is 188 Å². The molecule has 1 fully saturated rings. The van der Waals surface area contributed by atoms with Crippen molar-refractivity contribution in [3.63, 3.8) is 0 Å². The van der Waals surface area contributed by atoms with Crippen molar-refractivity contribution in [2.75, 3.05) is 24.7 Å². The zero-order chi connectivity index (χ0) is 21.4. The van der Waals surface area contributed by atoms with Gasteiger partial charge in [-0.05, 0) is 61.8 Å². The van der Waals surface area contributed by atoms with E-state index in [0.29, 0.717) is 12.3 Å². The van der Waals surface area contributed by atoms with Gasteiger partial charge in [0.1, 0.15) is 0 Å². The van der Waals surface area contributed by atoms with E-state index in [0.717, 1.165) is 63.0 Å². The first-order chi connectivity index (χ1) is 14.7. The van der Waals surface area contributed by atoms with Crippen LogP contribution in [0.5, 0.6) is 0 Å². The molecule has 0 radical (unpaired) electrons. The molecule has 1 aromatic carbocycles. The van der Waals surface area contributed by atoms with Gasteiger partial charge in [-0.15, -0.1) is 0 Å². The fraction of sp³-hybridized carbons (Fsp3) is 0.654. The maximum atomic E-state index is 12.7. The number of hydrogen-bond donors (Lipinski definition) is 1. The van der Waals surface area contributed by atoms with Crippen molar-refractivity contribution in [2.24, 2.45) is 0 Å². The number of nitrogens with zero attached hydrogens (tertiary/aromatic N) is 1. The number of thioether (sulfide) groups is 1. The highest BCUT2D eigenvalue weighted by Crippen LogP contribution is 2.20. The van der Waals surface area contributed by atoms with E-state index >= 15 is 0 Å². The topological polar surface area (TPSA) is 40.5 Å². The minimum Gasteiger partial charge on any atom is -0.396 e. The lowest BCUT2D eigenvalue weighted by Crippen LogP contribution is -2.41. The molecule has 1 N–H and O–H groups in total. The van der Waals surface area contributed by atoms with Crippen LogP contribution >= 0.6 is 11.8 Å². The van der Waals surface area contributed by atoms with Gasteiger partial charge >= 0.3 is 0 Å². The summed E-state index contributed by atoms with van der Waals surface area (Å²) >= 11 is 1.90. The first-order valence-corrected chi connectivity index (χ1v) is 13.1. The Morgan fingerprint density at radius 2 is 1.97 bits per heavy atom. The van der Waals surface area contributed by atoms with Crippen LogP contribution in [0.3, 0.4) is 0 Å². The van der Waals surface area contributed by atoms with Gasteiger partial charge in [-0.1, -0.05) is 62.6 Å². The summed E-state index contributed by atoms with van der Waals surface area (Å²) in [6.45, 7) is 3.35. The highest BCUT2D eigenvalue weighted by Gasteiger charge is 2.22. The lowest BCUT2D eigenvalue weighted by molar-refractivity contribution is -0.133. The molecule has 168 valence electrons. The summed E-state index contributed by atoms with van der Waals surface area (Å²) in [6, 6.07) is 9.23. The number of aliphatic hydroxyl groups is 1. The number of aliphatic hydroxyl groups excluding tert-OH is 1. The molecule has 1 saturated heterocycles. The number of carbonyl (C=O) groups excluding carboxylic acids is 1. The third-order valence-electron chi connectivity index (χ3n) is 5.77. The Morgan fingerprint density at radius 1 is 1.13 bits per heavy atom. The zero-order valence-corrected chi connectivity index (χ0v) is 19.7. The van der Waals surface area contributed by atoms with Gasteiger partial charge in [0, 0.05) is 31.4 Å². The van der Waals surface area contributed by atoms with Crippen LogP contribution < -0.4 is 0 Å². The Kier molecular flexibility index (Phi) is 12.9. The molecule has 4 heteroatoms. The van der Waals surface area contributed by atoms with Crippen molar-refractivity contribution in [1.82, 2.24) is 4.90 Å². The van der Waals surface area contributed by atoms with Crippen LogP contribution in [0.15, 0.2) is 36.4 Å². The van der Waals surface area contributed by atoms with Crippen LogP contribution in [0.2, 0.25) is 0 Å². The van der Waals surface area contributed by atoms with Crippen molar-refractivity contribution in [1.29, 1.82) is 0 Å². The molecule has 3 nitrogen and oxygen atoms in total. The van der Waals surface area contributed by atoms with Crippen molar-refractivity contribution in [2.45, 2.75) is 83.6 Å². The number of aryl methyl sites for hydroxylation is 2. The van der Waals surface area contributed by atoms with Crippen LogP contribution in [0.4, 0.5) is 0 Å². The van der Waals surface area contributed by atoms with Crippen molar-refractivity contribution >= 4 is 17.7 Å². The van der Waals surface area contributed by atoms with E-state index in [1.807, 2.05) is 11.8 Å². The molecule has 1 atom stereocenters. The predicted octanol–water partition coefficient (Wildman–Crippen LogP) is 5.79. The Morgan fingerprint density at radius 3 is 2.77 bits per heavy atom. The van der Waals surface area contributed by atoms with Gasteiger partial charge in [-0.25, -0.2) is 0 Å². The summed E-state index contributed by atoms with van der Waals surface area (Å²) in [5, 5.41) is 8.90. The van der Waals surface area contributed by atoms with Crippen LogP contribution in [-0.4, -0.2) is 46.6 Å². The zero-order valence-electron chi connectivity index (χ0n) is 18.9. The van der Waals surface area contributed by atoms with Crippen molar-refractivity contribution in [3.8, 4) is 0 Å². The Bertz CT molecular complexity index is 631. The summed E-state index contributed by atoms with van der Waals surface area (Å²) in [5.74, 6) is 2.39. The second-order valence-electron chi connectivity index (χ2n) is 8.33. The van der Waals surface area contributed by atoms with E-state index in [2.05, 4.69) is 48.2 Å². The molecule has 0 aromatic heterocycles. The minimum absolute atomic E-state index is 0.252. The molecule has 0 bridgehead atoms. The molecule has 1 aliphatic heterocycles. The predicted molar refractivity (Wildman–Crippen MR) is 130 cm³/mol. The maximum absolute atomic E-state index is 12.7. The normalized spacial score (nSPS) is 18.0. The number of hydrogen-bond acceptors (Lipinski definition) is 3. The first-order valence-electron chi connectivity index (χ1n) is 12.0. The highest BCUT2D eigenvalue weighted by atomic mass is 32.2. The van der Waals surface area contributed by atoms with Gasteiger partial charge in [-0.2, -0.15) is 11.8 Å². The van der Waals surface area contributed by atoms with E-state index in [1.54, 1.807) is 0 Å². The van der Waals surface area contributed by atoms with Gasteiger partial charge in [0.05, 0.1) is 0 Å². The van der Waals surface area contributed by atoms with Crippen molar-refractivity contribution in [3.05, 3.63) is 47.5 Å². The third-order valence-corrected chi connectivity index (χ3v) is 6.82. The number of likely N-dealkylation sites (tertiary alicyclic amines) is 1. The second kappa shape index (κ2) is 15.5. The van der Waals surface area contributed by atoms with Crippen LogP contribution in [0.25, 0.3) is 0 Å². The van der Waals surface area contributed by atoms with Gasteiger partial charge in [0.2, 0.25) is 5.91 Å². The second-order valence-corrected chi connectivity index (χ2v) is 9.56. The summed E-state index contributed by atoms with van der Waals surface area (Å²) in [4.78, 5) is 14.9. The quantitative estimate of drug-likeness (QED) is 0.317. The largest absolute Gasteiger partial charge is 0.396 e. The molecular weight excluding hydrogens is 390 g/mol. The average Bonchev–Trinajstić information content (AvgIpc) is 2.74. The number of rotatable bonds is 13. The van der Waals surface area contributed by atoms with E-state index in [4.69, 9.17) is 5.11 Å².